The summed E-state index contributed by atoms with van der Waals surface area (Å²) in [5, 5.41) is 6.52. The van der Waals surface area contributed by atoms with Crippen LogP contribution in [0.15, 0.2) is 35.2 Å². The highest BCUT2D eigenvalue weighted by molar-refractivity contribution is 7.91. The van der Waals surface area contributed by atoms with Gasteiger partial charge in [0.1, 0.15) is 12.4 Å². The molecule has 0 spiro atoms. The monoisotopic (exact) mass is 474 g/mol. The van der Waals surface area contributed by atoms with E-state index < -0.39 is 9.84 Å². The van der Waals surface area contributed by atoms with Gasteiger partial charge in [0.15, 0.2) is 9.84 Å². The van der Waals surface area contributed by atoms with Crippen LogP contribution in [0.3, 0.4) is 0 Å². The number of amides is 1. The van der Waals surface area contributed by atoms with Crippen LogP contribution in [0, 0.1) is 13.8 Å². The van der Waals surface area contributed by atoms with Crippen molar-refractivity contribution in [2.45, 2.75) is 39.5 Å². The third-order valence-corrected chi connectivity index (χ3v) is 8.13. The first-order valence-corrected chi connectivity index (χ1v) is 13.1. The minimum atomic E-state index is -3.00. The van der Waals surface area contributed by atoms with Gasteiger partial charge in [-0.3, -0.25) is 9.48 Å². The molecule has 1 fully saturated rings. The van der Waals surface area contributed by atoms with Crippen LogP contribution in [-0.4, -0.2) is 52.5 Å². The highest BCUT2D eigenvalue weighted by Crippen LogP contribution is 2.27. The first-order valence-electron chi connectivity index (χ1n) is 10.3. The van der Waals surface area contributed by atoms with Crippen molar-refractivity contribution in [2.24, 2.45) is 0 Å². The summed E-state index contributed by atoms with van der Waals surface area (Å²) in [5.74, 6) is 0.899. The zero-order valence-corrected chi connectivity index (χ0v) is 19.9. The molecule has 1 amide bonds. The van der Waals surface area contributed by atoms with E-state index >= 15 is 0 Å². The Morgan fingerprint density at radius 1 is 1.28 bits per heavy atom. The lowest BCUT2D eigenvalue weighted by Gasteiger charge is -2.18. The molecule has 0 N–H and O–H groups in total. The molecule has 32 heavy (non-hydrogen) atoms. The van der Waals surface area contributed by atoms with Gasteiger partial charge in [-0.1, -0.05) is 0 Å². The number of rotatable bonds is 7. The second-order valence-corrected chi connectivity index (χ2v) is 11.1. The molecule has 10 heteroatoms. The summed E-state index contributed by atoms with van der Waals surface area (Å²) in [4.78, 5) is 18.8. The van der Waals surface area contributed by atoms with Crippen molar-refractivity contribution in [1.82, 2.24) is 19.7 Å². The first kappa shape index (κ1) is 22.5. The van der Waals surface area contributed by atoms with Gasteiger partial charge in [-0.05, 0) is 44.5 Å². The van der Waals surface area contributed by atoms with Crippen LogP contribution >= 0.6 is 11.3 Å². The van der Waals surface area contributed by atoms with Crippen molar-refractivity contribution >= 4 is 27.1 Å². The zero-order valence-electron chi connectivity index (χ0n) is 18.3. The molecule has 8 nitrogen and oxygen atoms in total. The normalized spacial score (nSPS) is 17.4. The van der Waals surface area contributed by atoms with Crippen molar-refractivity contribution in [3.05, 3.63) is 63.4 Å². The third kappa shape index (κ3) is 4.86. The largest absolute Gasteiger partial charge is 0.487 e. The van der Waals surface area contributed by atoms with E-state index in [1.54, 1.807) is 41.7 Å². The van der Waals surface area contributed by atoms with Gasteiger partial charge in [0.25, 0.3) is 5.91 Å². The Bertz CT molecular complexity index is 1200. The Labute approximate surface area is 191 Å². The quantitative estimate of drug-likeness (QED) is 0.522. The molecule has 1 aromatic carbocycles. The number of nitrogens with zero attached hydrogens (tertiary/aromatic N) is 4. The summed E-state index contributed by atoms with van der Waals surface area (Å²) in [6.07, 6.45) is 0.579. The molecule has 4 rings (SSSR count). The van der Waals surface area contributed by atoms with Crippen LogP contribution in [0.2, 0.25) is 0 Å². The number of aromatic nitrogens is 3. The summed E-state index contributed by atoms with van der Waals surface area (Å²) in [6, 6.07) is 6.93. The van der Waals surface area contributed by atoms with Gasteiger partial charge in [-0.25, -0.2) is 13.4 Å². The molecule has 0 saturated carbocycles. The second-order valence-electron chi connectivity index (χ2n) is 8.10. The van der Waals surface area contributed by atoms with Crippen molar-refractivity contribution in [3.63, 3.8) is 0 Å². The number of carbonyl (C=O) groups is 1. The predicted molar refractivity (Wildman–Crippen MR) is 123 cm³/mol. The van der Waals surface area contributed by atoms with E-state index in [0.29, 0.717) is 30.9 Å². The smallest absolute Gasteiger partial charge is 0.253 e. The standard InChI is InChI=1S/C22H26N4O4S2/c1-15-21(16(2)26(24-15)19-8-9-32(28,29)13-19)10-25(3)22(27)17-4-6-20(7-5-17)30-11-18-12-31-14-23-18/h4-7,12,14,19H,8-11,13H2,1-3H3/t19-/m0/s1. The van der Waals surface area contributed by atoms with Gasteiger partial charge in [0.2, 0.25) is 0 Å². The fraction of sp³-hybridized carbons (Fsp3) is 0.409. The van der Waals surface area contributed by atoms with Crippen molar-refractivity contribution in [1.29, 1.82) is 0 Å². The minimum Gasteiger partial charge on any atom is -0.487 e. The Morgan fingerprint density at radius 2 is 2.03 bits per heavy atom. The molecule has 1 atom stereocenters. The molecule has 1 aliphatic rings. The van der Waals surface area contributed by atoms with E-state index in [1.807, 2.05) is 23.9 Å². The minimum absolute atomic E-state index is 0.106. The van der Waals surface area contributed by atoms with Gasteiger partial charge in [0.05, 0.1) is 34.4 Å². The first-order chi connectivity index (χ1) is 15.2. The highest BCUT2D eigenvalue weighted by Gasteiger charge is 2.31. The van der Waals surface area contributed by atoms with Crippen LogP contribution in [0.1, 0.15) is 45.5 Å². The number of aryl methyl sites for hydroxylation is 1. The number of hydrogen-bond acceptors (Lipinski definition) is 7. The molecule has 3 aromatic rings. The Balaban J connectivity index is 1.41. The molecule has 1 saturated heterocycles. The second kappa shape index (κ2) is 9.03. The molecular weight excluding hydrogens is 448 g/mol. The van der Waals surface area contributed by atoms with Gasteiger partial charge < -0.3 is 9.64 Å². The van der Waals surface area contributed by atoms with E-state index in [-0.39, 0.29) is 23.5 Å². The molecule has 0 aliphatic carbocycles. The van der Waals surface area contributed by atoms with Crippen molar-refractivity contribution in [3.8, 4) is 5.75 Å². The van der Waals surface area contributed by atoms with E-state index in [4.69, 9.17) is 4.74 Å². The van der Waals surface area contributed by atoms with Crippen molar-refractivity contribution < 1.29 is 17.9 Å². The van der Waals surface area contributed by atoms with Crippen LogP contribution < -0.4 is 4.74 Å². The van der Waals surface area contributed by atoms with Gasteiger partial charge >= 0.3 is 0 Å². The van der Waals surface area contributed by atoms with E-state index in [9.17, 15) is 13.2 Å². The van der Waals surface area contributed by atoms with Crippen LogP contribution in [0.5, 0.6) is 5.75 Å². The lowest BCUT2D eigenvalue weighted by atomic mass is 10.1. The molecule has 170 valence electrons. The maximum atomic E-state index is 12.9. The molecule has 1 aliphatic heterocycles. The summed E-state index contributed by atoms with van der Waals surface area (Å²) in [5.41, 5.74) is 5.88. The number of benzene rings is 1. The SMILES string of the molecule is Cc1nn([C@H]2CCS(=O)(=O)C2)c(C)c1CN(C)C(=O)c1ccc(OCc2cscn2)cc1. The van der Waals surface area contributed by atoms with Gasteiger partial charge in [-0.2, -0.15) is 5.10 Å². The summed E-state index contributed by atoms with van der Waals surface area (Å²) in [6.45, 7) is 4.63. The van der Waals surface area contributed by atoms with Crippen molar-refractivity contribution in [2.75, 3.05) is 18.6 Å². The molecular formula is C22H26N4O4S2. The average Bonchev–Trinajstić information content (AvgIpc) is 3.48. The van der Waals surface area contributed by atoms with Crippen LogP contribution in [-0.2, 0) is 23.0 Å². The van der Waals surface area contributed by atoms with Crippen LogP contribution in [0.25, 0.3) is 0 Å². The lowest BCUT2D eigenvalue weighted by Crippen LogP contribution is -2.26. The van der Waals surface area contributed by atoms with E-state index in [1.165, 1.54) is 11.3 Å². The lowest BCUT2D eigenvalue weighted by molar-refractivity contribution is 0.0784. The number of carbonyl (C=O) groups excluding carboxylic acids is 1. The Hall–Kier alpha value is -2.72. The fourth-order valence-corrected chi connectivity index (χ4v) is 6.17. The third-order valence-electron chi connectivity index (χ3n) is 5.74. The number of thiazole rings is 1. The van der Waals surface area contributed by atoms with E-state index in [0.717, 1.165) is 22.6 Å². The molecule has 2 aromatic heterocycles. The number of hydrogen-bond donors (Lipinski definition) is 0. The number of ether oxygens (including phenoxy) is 1. The number of sulfone groups is 1. The maximum Gasteiger partial charge on any atom is 0.253 e. The zero-order chi connectivity index (χ0) is 22.9. The average molecular weight is 475 g/mol. The van der Waals surface area contributed by atoms with Gasteiger partial charge in [0, 0.05) is 35.8 Å². The van der Waals surface area contributed by atoms with Gasteiger partial charge in [-0.15, -0.1) is 11.3 Å². The Morgan fingerprint density at radius 3 is 2.66 bits per heavy atom. The Kier molecular flexibility index (Phi) is 6.34. The predicted octanol–water partition coefficient (Wildman–Crippen LogP) is 3.17. The van der Waals surface area contributed by atoms with Crippen LogP contribution in [0.4, 0.5) is 0 Å². The fourth-order valence-electron chi connectivity index (χ4n) is 3.94. The molecule has 0 unspecified atom stereocenters. The topological polar surface area (TPSA) is 94.4 Å². The molecule has 0 radical (unpaired) electrons. The molecule has 0 bridgehead atoms. The highest BCUT2D eigenvalue weighted by atomic mass is 32.2. The summed E-state index contributed by atoms with van der Waals surface area (Å²) >= 11 is 1.52. The summed E-state index contributed by atoms with van der Waals surface area (Å²) in [7, 11) is -1.24. The summed E-state index contributed by atoms with van der Waals surface area (Å²) < 4.78 is 31.2. The molecule has 3 heterocycles. The van der Waals surface area contributed by atoms with E-state index in [2.05, 4.69) is 10.1 Å². The maximum absolute atomic E-state index is 12.9.